The number of aliphatic imine (C=N–C) groups is 2. The first-order valence-electron chi connectivity index (χ1n) is 7.89. The van der Waals surface area contributed by atoms with E-state index in [1.165, 1.54) is 0 Å². The van der Waals surface area contributed by atoms with E-state index in [4.69, 9.17) is 5.26 Å². The summed E-state index contributed by atoms with van der Waals surface area (Å²) in [6.45, 7) is 5.20. The fourth-order valence-electron chi connectivity index (χ4n) is 2.58. The molecule has 0 saturated carbocycles. The number of aromatic nitrogens is 1. The van der Waals surface area contributed by atoms with Crippen LogP contribution in [-0.4, -0.2) is 17.5 Å². The molecule has 0 N–H and O–H groups in total. The maximum Gasteiger partial charge on any atom is 0.160 e. The minimum Gasteiger partial charge on any atom is -0.264 e. The number of hydrogen-bond donors (Lipinski definition) is 0. The molecule has 0 aliphatic heterocycles. The van der Waals surface area contributed by atoms with Gasteiger partial charge in [-0.15, -0.1) is 0 Å². The number of rotatable bonds is 3. The second-order valence-electron chi connectivity index (χ2n) is 5.60. The summed E-state index contributed by atoms with van der Waals surface area (Å²) in [6, 6.07) is 15.9. The van der Waals surface area contributed by atoms with Gasteiger partial charge in [-0.1, -0.05) is 12.1 Å². The number of hydrogen-bond acceptors (Lipinski definition) is 3. The summed E-state index contributed by atoms with van der Waals surface area (Å²) in [4.78, 5) is 12.4. The van der Waals surface area contributed by atoms with Crippen LogP contribution in [0.1, 0.15) is 16.7 Å². The van der Waals surface area contributed by atoms with E-state index in [1.54, 1.807) is 61.8 Å². The van der Waals surface area contributed by atoms with Gasteiger partial charge in [-0.2, -0.15) is 5.26 Å². The molecule has 5 heteroatoms. The van der Waals surface area contributed by atoms with E-state index in [9.17, 15) is 4.39 Å². The normalized spacial score (nSPS) is 11.0. The van der Waals surface area contributed by atoms with E-state index in [2.05, 4.69) is 27.8 Å². The summed E-state index contributed by atoms with van der Waals surface area (Å²) in [7, 11) is 0. The SMILES string of the molecule is C=NC(=Nc1ccc(-c2cccc(C#N)c2)c(F)c1C)c1cccnc1. The number of nitriles is 1. The summed E-state index contributed by atoms with van der Waals surface area (Å²) in [5.74, 6) is -0.00392. The molecule has 0 saturated heterocycles. The Kier molecular flexibility index (Phi) is 4.95. The molecule has 0 atom stereocenters. The summed E-state index contributed by atoms with van der Waals surface area (Å²) in [5, 5.41) is 9.03. The molecular formula is C21H15FN4. The van der Waals surface area contributed by atoms with E-state index in [-0.39, 0.29) is 5.82 Å². The Labute approximate surface area is 151 Å². The van der Waals surface area contributed by atoms with Crippen LogP contribution in [0.5, 0.6) is 0 Å². The Morgan fingerprint density at radius 3 is 2.73 bits per heavy atom. The number of benzene rings is 2. The monoisotopic (exact) mass is 342 g/mol. The van der Waals surface area contributed by atoms with Crippen LogP contribution < -0.4 is 0 Å². The van der Waals surface area contributed by atoms with Crippen LogP contribution in [0.3, 0.4) is 0 Å². The van der Waals surface area contributed by atoms with Crippen LogP contribution in [0.15, 0.2) is 70.9 Å². The van der Waals surface area contributed by atoms with Gasteiger partial charge < -0.3 is 0 Å². The van der Waals surface area contributed by atoms with Gasteiger partial charge in [0.05, 0.1) is 17.3 Å². The average Bonchev–Trinajstić information content (AvgIpc) is 2.70. The molecule has 126 valence electrons. The third-order valence-electron chi connectivity index (χ3n) is 3.96. The molecular weight excluding hydrogens is 327 g/mol. The van der Waals surface area contributed by atoms with Gasteiger partial charge in [0.15, 0.2) is 5.84 Å². The first kappa shape index (κ1) is 17.2. The summed E-state index contributed by atoms with van der Waals surface area (Å²) in [6.07, 6.45) is 3.28. The van der Waals surface area contributed by atoms with E-state index in [1.807, 2.05) is 6.07 Å². The van der Waals surface area contributed by atoms with Gasteiger partial charge in [-0.25, -0.2) is 14.4 Å². The Morgan fingerprint density at radius 2 is 2.04 bits per heavy atom. The maximum atomic E-state index is 14.9. The van der Waals surface area contributed by atoms with Gasteiger partial charge in [0.1, 0.15) is 5.82 Å². The maximum absolute atomic E-state index is 14.9. The molecule has 0 bridgehead atoms. The first-order valence-corrected chi connectivity index (χ1v) is 7.89. The van der Waals surface area contributed by atoms with Crippen molar-refractivity contribution in [2.45, 2.75) is 6.92 Å². The molecule has 1 heterocycles. The fourth-order valence-corrected chi connectivity index (χ4v) is 2.58. The molecule has 0 fully saturated rings. The van der Waals surface area contributed by atoms with Crippen LogP contribution in [0.4, 0.5) is 10.1 Å². The molecule has 2 aromatic carbocycles. The molecule has 0 amide bonds. The van der Waals surface area contributed by atoms with E-state index >= 15 is 0 Å². The molecule has 0 unspecified atom stereocenters. The lowest BCUT2D eigenvalue weighted by molar-refractivity contribution is 0.622. The topological polar surface area (TPSA) is 61.4 Å². The highest BCUT2D eigenvalue weighted by Crippen LogP contribution is 2.31. The predicted octanol–water partition coefficient (Wildman–Crippen LogP) is 4.85. The molecule has 0 radical (unpaired) electrons. The van der Waals surface area contributed by atoms with Crippen molar-refractivity contribution in [1.82, 2.24) is 4.98 Å². The molecule has 3 aromatic rings. The average molecular weight is 342 g/mol. The third-order valence-corrected chi connectivity index (χ3v) is 3.96. The van der Waals surface area contributed by atoms with Crippen molar-refractivity contribution in [2.24, 2.45) is 9.98 Å². The highest BCUT2D eigenvalue weighted by atomic mass is 19.1. The Morgan fingerprint density at radius 1 is 1.19 bits per heavy atom. The minimum atomic E-state index is -0.379. The number of nitrogens with zero attached hydrogens (tertiary/aromatic N) is 4. The van der Waals surface area contributed by atoms with Crippen molar-refractivity contribution in [3.05, 3.63) is 83.4 Å². The van der Waals surface area contributed by atoms with Gasteiger partial charge in [-0.3, -0.25) is 4.98 Å². The standard InChI is InChI=1S/C21H15FN4/c1-14-19(26-21(24-2)17-7-4-10-25-13-17)9-8-18(20(14)22)16-6-3-5-15(11-16)12-23/h3-11,13H,2H2,1H3. The van der Waals surface area contributed by atoms with Crippen molar-refractivity contribution < 1.29 is 4.39 Å². The lowest BCUT2D eigenvalue weighted by Crippen LogP contribution is -1.97. The number of halogens is 1. The molecule has 1 aromatic heterocycles. The van der Waals surface area contributed by atoms with Crippen LogP contribution >= 0.6 is 0 Å². The lowest BCUT2D eigenvalue weighted by atomic mass is 10.00. The van der Waals surface area contributed by atoms with Crippen molar-refractivity contribution in [2.75, 3.05) is 0 Å². The zero-order valence-corrected chi connectivity index (χ0v) is 14.1. The molecule has 0 aliphatic rings. The summed E-state index contributed by atoms with van der Waals surface area (Å²) in [5.41, 5.74) is 3.12. The van der Waals surface area contributed by atoms with E-state index in [0.29, 0.717) is 39.3 Å². The van der Waals surface area contributed by atoms with E-state index in [0.717, 1.165) is 0 Å². The zero-order chi connectivity index (χ0) is 18.5. The highest BCUT2D eigenvalue weighted by Gasteiger charge is 2.13. The fraction of sp³-hybridized carbons (Fsp3) is 0.0476. The summed E-state index contributed by atoms with van der Waals surface area (Å²) >= 11 is 0. The highest BCUT2D eigenvalue weighted by molar-refractivity contribution is 6.02. The number of pyridine rings is 1. The van der Waals surface area contributed by atoms with E-state index < -0.39 is 0 Å². The second-order valence-corrected chi connectivity index (χ2v) is 5.60. The Balaban J connectivity index is 2.06. The number of amidine groups is 1. The lowest BCUT2D eigenvalue weighted by Gasteiger charge is -2.09. The van der Waals surface area contributed by atoms with Crippen LogP contribution in [0.2, 0.25) is 0 Å². The van der Waals surface area contributed by atoms with Crippen molar-refractivity contribution in [3.63, 3.8) is 0 Å². The summed E-state index contributed by atoms with van der Waals surface area (Å²) < 4.78 is 14.9. The van der Waals surface area contributed by atoms with Crippen LogP contribution in [-0.2, 0) is 0 Å². The zero-order valence-electron chi connectivity index (χ0n) is 14.1. The molecule has 4 nitrogen and oxygen atoms in total. The molecule has 0 spiro atoms. The van der Waals surface area contributed by atoms with Gasteiger partial charge >= 0.3 is 0 Å². The Hall–Kier alpha value is -3.65. The first-order chi connectivity index (χ1) is 12.6. The van der Waals surface area contributed by atoms with Gasteiger partial charge in [0, 0.05) is 29.1 Å². The Bertz CT molecular complexity index is 1030. The molecule has 26 heavy (non-hydrogen) atoms. The molecule has 3 rings (SSSR count). The smallest absolute Gasteiger partial charge is 0.160 e. The van der Waals surface area contributed by atoms with Gasteiger partial charge in [0.25, 0.3) is 0 Å². The van der Waals surface area contributed by atoms with Crippen LogP contribution in [0.25, 0.3) is 11.1 Å². The van der Waals surface area contributed by atoms with Crippen molar-refractivity contribution in [3.8, 4) is 17.2 Å². The minimum absolute atomic E-state index is 0.375. The van der Waals surface area contributed by atoms with Crippen LogP contribution in [0, 0.1) is 24.1 Å². The van der Waals surface area contributed by atoms with Gasteiger partial charge in [0.2, 0.25) is 0 Å². The predicted molar refractivity (Wildman–Crippen MR) is 101 cm³/mol. The molecule has 0 aliphatic carbocycles. The third kappa shape index (κ3) is 3.40. The van der Waals surface area contributed by atoms with Gasteiger partial charge in [-0.05, 0) is 55.6 Å². The van der Waals surface area contributed by atoms with Crippen molar-refractivity contribution >= 4 is 18.2 Å². The van der Waals surface area contributed by atoms with Crippen molar-refractivity contribution in [1.29, 1.82) is 5.26 Å². The largest absolute Gasteiger partial charge is 0.264 e. The quantitative estimate of drug-likeness (QED) is 0.505. The second kappa shape index (κ2) is 7.49.